The predicted molar refractivity (Wildman–Crippen MR) is 93.2 cm³/mol. The van der Waals surface area contributed by atoms with Crippen molar-refractivity contribution in [3.63, 3.8) is 0 Å². The number of nitrogens with zero attached hydrogens (tertiary/aromatic N) is 5. The number of guanidine groups is 1. The Balaban J connectivity index is 0.00000144. The van der Waals surface area contributed by atoms with Gasteiger partial charge in [-0.15, -0.1) is 24.0 Å². The lowest BCUT2D eigenvalue weighted by Crippen LogP contribution is -2.42. The molecular weight excluding hydrogens is 395 g/mol. The number of aromatic nitrogens is 3. The zero-order chi connectivity index (χ0) is 14.2. The van der Waals surface area contributed by atoms with E-state index in [4.69, 9.17) is 4.74 Å². The van der Waals surface area contributed by atoms with E-state index in [0.717, 1.165) is 32.1 Å². The van der Waals surface area contributed by atoms with E-state index >= 15 is 0 Å². The van der Waals surface area contributed by atoms with Gasteiger partial charge in [0.25, 0.3) is 0 Å². The molecule has 0 saturated carbocycles. The number of fused-ring (bicyclic) bond motifs is 5. The van der Waals surface area contributed by atoms with E-state index in [-0.39, 0.29) is 24.0 Å². The maximum Gasteiger partial charge on any atom is 0.193 e. The molecule has 7 nitrogen and oxygen atoms in total. The first kappa shape index (κ1) is 16.0. The van der Waals surface area contributed by atoms with Gasteiger partial charge >= 0.3 is 0 Å². The van der Waals surface area contributed by atoms with Crippen LogP contribution in [0.1, 0.15) is 12.8 Å². The molecule has 4 atom stereocenters. The second-order valence-corrected chi connectivity index (χ2v) is 6.16. The van der Waals surface area contributed by atoms with E-state index in [1.165, 1.54) is 12.8 Å². The monoisotopic (exact) mass is 418 g/mol. The zero-order valence-electron chi connectivity index (χ0n) is 12.8. The van der Waals surface area contributed by atoms with Gasteiger partial charge in [0, 0.05) is 38.5 Å². The molecule has 1 aromatic rings. The van der Waals surface area contributed by atoms with Crippen LogP contribution in [0.15, 0.2) is 17.6 Å². The normalized spacial score (nSPS) is 33.0. The van der Waals surface area contributed by atoms with Crippen LogP contribution in [-0.2, 0) is 11.3 Å². The van der Waals surface area contributed by atoms with Crippen molar-refractivity contribution in [2.75, 3.05) is 26.7 Å². The quantitative estimate of drug-likeness (QED) is 0.442. The Kier molecular flexibility index (Phi) is 4.86. The van der Waals surface area contributed by atoms with E-state index in [2.05, 4.69) is 25.3 Å². The van der Waals surface area contributed by atoms with Crippen molar-refractivity contribution in [2.24, 2.45) is 16.8 Å². The van der Waals surface area contributed by atoms with Crippen LogP contribution in [0.4, 0.5) is 0 Å². The molecule has 8 heteroatoms. The van der Waals surface area contributed by atoms with Crippen molar-refractivity contribution in [3.05, 3.63) is 12.7 Å². The van der Waals surface area contributed by atoms with Gasteiger partial charge < -0.3 is 15.0 Å². The Bertz CT molecular complexity index is 503. The fourth-order valence-corrected chi connectivity index (χ4v) is 4.10. The third-order valence-corrected chi connectivity index (χ3v) is 5.05. The first-order valence-electron chi connectivity index (χ1n) is 7.78. The van der Waals surface area contributed by atoms with Gasteiger partial charge in [-0.1, -0.05) is 0 Å². The van der Waals surface area contributed by atoms with Crippen molar-refractivity contribution in [2.45, 2.75) is 31.6 Å². The van der Waals surface area contributed by atoms with Gasteiger partial charge in [0.1, 0.15) is 12.7 Å². The topological polar surface area (TPSA) is 67.6 Å². The maximum atomic E-state index is 6.03. The number of rotatable bonds is 3. The van der Waals surface area contributed by atoms with Crippen LogP contribution in [0.2, 0.25) is 0 Å². The molecule has 4 heterocycles. The molecule has 3 aliphatic rings. The smallest absolute Gasteiger partial charge is 0.193 e. The summed E-state index contributed by atoms with van der Waals surface area (Å²) in [5.74, 6) is 2.42. The third kappa shape index (κ3) is 2.82. The number of halogens is 1. The summed E-state index contributed by atoms with van der Waals surface area (Å²) in [7, 11) is 1.86. The first-order valence-corrected chi connectivity index (χ1v) is 7.78. The largest absolute Gasteiger partial charge is 0.374 e. The SMILES string of the molecule is CN=C(NCCn1cncn1)N1CC2C3CCC(O3)C2C1.I. The Morgan fingerprint density at radius 1 is 1.32 bits per heavy atom. The van der Waals surface area contributed by atoms with Crippen LogP contribution in [0, 0.1) is 11.8 Å². The summed E-state index contributed by atoms with van der Waals surface area (Å²) < 4.78 is 7.85. The first-order chi connectivity index (χ1) is 10.3. The van der Waals surface area contributed by atoms with E-state index in [1.54, 1.807) is 12.7 Å². The third-order valence-electron chi connectivity index (χ3n) is 5.05. The molecule has 0 aromatic carbocycles. The summed E-state index contributed by atoms with van der Waals surface area (Å²) in [4.78, 5) is 10.8. The summed E-state index contributed by atoms with van der Waals surface area (Å²) in [5.41, 5.74) is 0. The molecule has 1 aromatic heterocycles. The average Bonchev–Trinajstić information content (AvgIpc) is 3.25. The lowest BCUT2D eigenvalue weighted by Gasteiger charge is -2.23. The Morgan fingerprint density at radius 3 is 2.64 bits per heavy atom. The minimum Gasteiger partial charge on any atom is -0.374 e. The van der Waals surface area contributed by atoms with Crippen LogP contribution in [0.5, 0.6) is 0 Å². The number of ether oxygens (including phenoxy) is 1. The summed E-state index contributed by atoms with van der Waals surface area (Å²) in [6.07, 6.45) is 6.79. The molecule has 3 saturated heterocycles. The van der Waals surface area contributed by atoms with Crippen LogP contribution >= 0.6 is 24.0 Å². The highest BCUT2D eigenvalue weighted by Gasteiger charge is 2.53. The molecule has 3 fully saturated rings. The van der Waals surface area contributed by atoms with Gasteiger partial charge in [-0.25, -0.2) is 4.98 Å². The number of hydrogen-bond acceptors (Lipinski definition) is 4. The Labute approximate surface area is 147 Å². The molecule has 122 valence electrons. The van der Waals surface area contributed by atoms with Crippen molar-refractivity contribution in [3.8, 4) is 0 Å². The molecule has 2 bridgehead atoms. The predicted octanol–water partition coefficient (Wildman–Crippen LogP) is 0.581. The Morgan fingerprint density at radius 2 is 2.05 bits per heavy atom. The highest BCUT2D eigenvalue weighted by atomic mass is 127. The molecule has 0 radical (unpaired) electrons. The molecule has 0 spiro atoms. The molecular formula is C14H23IN6O. The van der Waals surface area contributed by atoms with Crippen molar-refractivity contribution in [1.82, 2.24) is 25.0 Å². The van der Waals surface area contributed by atoms with Gasteiger partial charge in [0.15, 0.2) is 5.96 Å². The second-order valence-electron chi connectivity index (χ2n) is 6.16. The zero-order valence-corrected chi connectivity index (χ0v) is 15.1. The molecule has 3 aliphatic heterocycles. The number of likely N-dealkylation sites (tertiary alicyclic amines) is 1. The highest BCUT2D eigenvalue weighted by Crippen LogP contribution is 2.47. The second kappa shape index (κ2) is 6.69. The number of hydrogen-bond donors (Lipinski definition) is 1. The maximum absolute atomic E-state index is 6.03. The molecule has 0 amide bonds. The molecule has 0 aliphatic carbocycles. The van der Waals surface area contributed by atoms with Gasteiger partial charge in [-0.05, 0) is 12.8 Å². The van der Waals surface area contributed by atoms with Gasteiger partial charge in [0.2, 0.25) is 0 Å². The van der Waals surface area contributed by atoms with Gasteiger partial charge in [-0.3, -0.25) is 9.67 Å². The van der Waals surface area contributed by atoms with E-state index in [9.17, 15) is 0 Å². The minimum atomic E-state index is 0. The molecule has 4 unspecified atom stereocenters. The standard InChI is InChI=1S/C14H22N6O.HI/c1-15-14(17-4-5-20-9-16-8-18-20)19-6-10-11(7-19)13-3-2-12(10)21-13;/h8-13H,2-7H2,1H3,(H,15,17);1H. The average molecular weight is 418 g/mol. The summed E-state index contributed by atoms with van der Waals surface area (Å²) in [6.45, 7) is 3.77. The fourth-order valence-electron chi connectivity index (χ4n) is 4.10. The van der Waals surface area contributed by atoms with Crippen LogP contribution in [0.3, 0.4) is 0 Å². The van der Waals surface area contributed by atoms with E-state index in [1.807, 2.05) is 11.7 Å². The van der Waals surface area contributed by atoms with Crippen LogP contribution in [-0.4, -0.2) is 64.5 Å². The highest BCUT2D eigenvalue weighted by molar-refractivity contribution is 14.0. The van der Waals surface area contributed by atoms with Crippen molar-refractivity contribution in [1.29, 1.82) is 0 Å². The van der Waals surface area contributed by atoms with Gasteiger partial charge in [0.05, 0.1) is 18.8 Å². The molecule has 4 rings (SSSR count). The molecule has 22 heavy (non-hydrogen) atoms. The summed E-state index contributed by atoms with van der Waals surface area (Å²) in [5, 5.41) is 7.54. The fraction of sp³-hybridized carbons (Fsp3) is 0.786. The summed E-state index contributed by atoms with van der Waals surface area (Å²) in [6, 6.07) is 0. The lowest BCUT2D eigenvalue weighted by atomic mass is 9.82. The molecule has 1 N–H and O–H groups in total. The Hall–Kier alpha value is -0.900. The number of nitrogens with one attached hydrogen (secondary N) is 1. The van der Waals surface area contributed by atoms with Crippen molar-refractivity contribution >= 4 is 29.9 Å². The minimum absolute atomic E-state index is 0. The van der Waals surface area contributed by atoms with Gasteiger partial charge in [-0.2, -0.15) is 5.10 Å². The number of aliphatic imine (C=N–C) groups is 1. The van der Waals surface area contributed by atoms with Crippen LogP contribution in [0.25, 0.3) is 0 Å². The van der Waals surface area contributed by atoms with Crippen molar-refractivity contribution < 1.29 is 4.74 Å². The van der Waals surface area contributed by atoms with Crippen LogP contribution < -0.4 is 5.32 Å². The lowest BCUT2D eigenvalue weighted by molar-refractivity contribution is 0.0767. The van der Waals surface area contributed by atoms with E-state index in [0.29, 0.717) is 24.0 Å². The van der Waals surface area contributed by atoms with E-state index < -0.39 is 0 Å². The summed E-state index contributed by atoms with van der Waals surface area (Å²) >= 11 is 0.